The Kier molecular flexibility index (Phi) is 4.39. The zero-order valence-electron chi connectivity index (χ0n) is 11.1. The molecule has 1 heterocycles. The van der Waals surface area contributed by atoms with E-state index in [4.69, 9.17) is 16.3 Å². The number of hydrogen-bond acceptors (Lipinski definition) is 7. The van der Waals surface area contributed by atoms with E-state index < -0.39 is 0 Å². The summed E-state index contributed by atoms with van der Waals surface area (Å²) in [7, 11) is 0. The van der Waals surface area contributed by atoms with E-state index >= 15 is 0 Å². The highest BCUT2D eigenvalue weighted by Crippen LogP contribution is 2.13. The number of anilines is 1. The zero-order chi connectivity index (χ0) is 15.2. The fourth-order valence-electron chi connectivity index (χ4n) is 1.47. The summed E-state index contributed by atoms with van der Waals surface area (Å²) in [6.07, 6.45) is 1.58. The molecular formula is C14H10N6S. The number of hydrogen-bond donors (Lipinski definition) is 1. The van der Waals surface area contributed by atoms with Crippen LogP contribution in [0.15, 0.2) is 34.5 Å². The molecule has 2 rings (SSSR count). The molecule has 0 spiro atoms. The third-order valence-electron chi connectivity index (χ3n) is 2.53. The van der Waals surface area contributed by atoms with E-state index in [2.05, 4.69) is 15.2 Å². The van der Waals surface area contributed by atoms with Gasteiger partial charge in [0.25, 0.3) is 0 Å². The van der Waals surface area contributed by atoms with Crippen LogP contribution < -0.4 is 10.5 Å². The van der Waals surface area contributed by atoms with Gasteiger partial charge in [-0.1, -0.05) is 41.2 Å². The molecule has 1 aromatic heterocycles. The van der Waals surface area contributed by atoms with Gasteiger partial charge in [-0.05, 0) is 12.5 Å². The van der Waals surface area contributed by atoms with Crippen LogP contribution in [0.1, 0.15) is 21.6 Å². The van der Waals surface area contributed by atoms with Crippen LogP contribution in [0.2, 0.25) is 0 Å². The standard InChI is InChI=1S/C14H10N6S/c1-9-2-4-10(5-3-9)8-18-20-14-19-13(17)11(6-15)12(7-16)21-14/h2-5,8H,1H3,(H2,17,19,20)/b18-8+. The highest BCUT2D eigenvalue weighted by Gasteiger charge is 2.08. The van der Waals surface area contributed by atoms with Gasteiger partial charge < -0.3 is 5.73 Å². The molecule has 0 saturated carbocycles. The summed E-state index contributed by atoms with van der Waals surface area (Å²) >= 11 is 0.970. The van der Waals surface area contributed by atoms with Crippen LogP contribution >= 0.6 is 11.3 Å². The van der Waals surface area contributed by atoms with Crippen LogP contribution in [0.4, 0.5) is 5.82 Å². The van der Waals surface area contributed by atoms with Gasteiger partial charge in [0.1, 0.15) is 28.4 Å². The van der Waals surface area contributed by atoms with E-state index in [-0.39, 0.29) is 21.1 Å². The van der Waals surface area contributed by atoms with Gasteiger partial charge in [-0.3, -0.25) is 0 Å². The van der Waals surface area contributed by atoms with Crippen molar-refractivity contribution < 1.29 is 0 Å². The van der Waals surface area contributed by atoms with Gasteiger partial charge >= 0.3 is 0 Å². The minimum atomic E-state index is -0.0166. The summed E-state index contributed by atoms with van der Waals surface area (Å²) in [5.74, 6) is -0.0166. The molecule has 0 saturated heterocycles. The molecule has 2 N–H and O–H groups in total. The molecule has 0 aliphatic carbocycles. The Morgan fingerprint density at radius 2 is 1.95 bits per heavy atom. The average molecular weight is 294 g/mol. The molecule has 0 aliphatic rings. The van der Waals surface area contributed by atoms with Crippen LogP contribution in [0.5, 0.6) is 0 Å². The quantitative estimate of drug-likeness (QED) is 0.671. The first kappa shape index (κ1) is 14.4. The molecule has 21 heavy (non-hydrogen) atoms. The van der Waals surface area contributed by atoms with Crippen molar-refractivity contribution in [3.8, 4) is 12.1 Å². The third-order valence-corrected chi connectivity index (χ3v) is 3.39. The first-order valence-electron chi connectivity index (χ1n) is 5.88. The third kappa shape index (κ3) is 3.50. The Morgan fingerprint density at radius 3 is 2.57 bits per heavy atom. The lowest BCUT2D eigenvalue weighted by molar-refractivity contribution is 1.10. The highest BCUT2D eigenvalue weighted by atomic mass is 32.1. The van der Waals surface area contributed by atoms with Crippen molar-refractivity contribution in [3.05, 3.63) is 50.6 Å². The number of rotatable bonds is 2. The average Bonchev–Trinajstić information content (AvgIpc) is 2.48. The van der Waals surface area contributed by atoms with E-state index in [1.807, 2.05) is 43.3 Å². The zero-order valence-corrected chi connectivity index (χ0v) is 11.9. The first-order chi connectivity index (χ1) is 10.1. The lowest BCUT2D eigenvalue weighted by Crippen LogP contribution is -2.09. The molecule has 0 bridgehead atoms. The number of nitrogens with two attached hydrogens (primary N) is 1. The van der Waals surface area contributed by atoms with Crippen LogP contribution in [0.25, 0.3) is 0 Å². The van der Waals surface area contributed by atoms with Gasteiger partial charge in [-0.2, -0.15) is 20.6 Å². The minimum Gasteiger partial charge on any atom is -0.382 e. The van der Waals surface area contributed by atoms with Crippen molar-refractivity contribution in [1.82, 2.24) is 4.98 Å². The van der Waals surface area contributed by atoms with Gasteiger partial charge in [0, 0.05) is 0 Å². The monoisotopic (exact) mass is 294 g/mol. The summed E-state index contributed by atoms with van der Waals surface area (Å²) in [4.78, 5) is 4.34. The molecule has 0 atom stereocenters. The Balaban J connectivity index is 2.35. The van der Waals surface area contributed by atoms with E-state index in [1.54, 1.807) is 6.21 Å². The van der Waals surface area contributed by atoms with Crippen molar-refractivity contribution in [1.29, 1.82) is 10.5 Å². The second-order valence-corrected chi connectivity index (χ2v) is 5.04. The summed E-state index contributed by atoms with van der Waals surface area (Å²) in [5.41, 5.74) is 7.75. The SMILES string of the molecule is Cc1ccc(/C=N/N=c2/nc(N)c(C#N)c(C#N)s2)cc1. The summed E-state index contributed by atoms with van der Waals surface area (Å²) in [6.45, 7) is 2.00. The molecule has 7 heteroatoms. The maximum absolute atomic E-state index is 8.97. The van der Waals surface area contributed by atoms with Gasteiger partial charge in [-0.25, -0.2) is 0 Å². The van der Waals surface area contributed by atoms with Crippen molar-refractivity contribution in [3.63, 3.8) is 0 Å². The summed E-state index contributed by atoms with van der Waals surface area (Å²) in [6, 6.07) is 11.5. The molecule has 0 radical (unpaired) electrons. The van der Waals surface area contributed by atoms with Crippen LogP contribution in [-0.4, -0.2) is 11.2 Å². The normalized spacial score (nSPS) is 11.3. The Labute approximate surface area is 125 Å². The smallest absolute Gasteiger partial charge is 0.233 e. The minimum absolute atomic E-state index is 0.0166. The van der Waals surface area contributed by atoms with Gasteiger partial charge in [0.15, 0.2) is 0 Å². The number of nitrogens with zero attached hydrogens (tertiary/aromatic N) is 5. The van der Waals surface area contributed by atoms with Crippen molar-refractivity contribution >= 4 is 23.4 Å². The molecule has 1 aromatic carbocycles. The van der Waals surface area contributed by atoms with Crippen molar-refractivity contribution in [2.45, 2.75) is 6.92 Å². The van der Waals surface area contributed by atoms with E-state index in [9.17, 15) is 0 Å². The van der Waals surface area contributed by atoms with Gasteiger partial charge in [0.05, 0.1) is 6.21 Å². The molecule has 0 aliphatic heterocycles. The summed E-state index contributed by atoms with van der Waals surface area (Å²) in [5, 5.41) is 25.7. The van der Waals surface area contributed by atoms with E-state index in [0.717, 1.165) is 22.5 Å². The van der Waals surface area contributed by atoms with Gasteiger partial charge in [-0.15, -0.1) is 5.10 Å². The fraction of sp³-hybridized carbons (Fsp3) is 0.0714. The maximum Gasteiger partial charge on any atom is 0.233 e. The Hall–Kier alpha value is -3.03. The van der Waals surface area contributed by atoms with E-state index in [1.165, 1.54) is 0 Å². The van der Waals surface area contributed by atoms with Gasteiger partial charge in [0.2, 0.25) is 4.80 Å². The predicted molar refractivity (Wildman–Crippen MR) is 80.3 cm³/mol. The molecule has 2 aromatic rings. The van der Waals surface area contributed by atoms with Crippen molar-refractivity contribution in [2.75, 3.05) is 5.73 Å². The molecule has 6 nitrogen and oxygen atoms in total. The topological polar surface area (TPSA) is 111 Å². The van der Waals surface area contributed by atoms with Crippen LogP contribution in [-0.2, 0) is 0 Å². The number of aromatic nitrogens is 1. The lowest BCUT2D eigenvalue weighted by Gasteiger charge is -1.96. The first-order valence-corrected chi connectivity index (χ1v) is 6.70. The highest BCUT2D eigenvalue weighted by molar-refractivity contribution is 7.09. The number of benzene rings is 1. The van der Waals surface area contributed by atoms with E-state index in [0.29, 0.717) is 0 Å². The molecule has 0 fully saturated rings. The largest absolute Gasteiger partial charge is 0.382 e. The Bertz CT molecular complexity index is 834. The second kappa shape index (κ2) is 6.42. The molecule has 102 valence electrons. The molecule has 0 amide bonds. The van der Waals surface area contributed by atoms with Crippen molar-refractivity contribution in [2.24, 2.45) is 10.2 Å². The predicted octanol–water partition coefficient (Wildman–Crippen LogP) is 1.71. The lowest BCUT2D eigenvalue weighted by atomic mass is 10.2. The number of aryl methyl sites for hydroxylation is 1. The molecular weight excluding hydrogens is 284 g/mol. The molecule has 0 unspecified atom stereocenters. The Morgan fingerprint density at radius 1 is 1.24 bits per heavy atom. The second-order valence-electron chi connectivity index (χ2n) is 4.06. The fourth-order valence-corrected chi connectivity index (χ4v) is 2.18. The maximum atomic E-state index is 8.97. The number of nitrogen functional groups attached to an aromatic ring is 1. The summed E-state index contributed by atoms with van der Waals surface area (Å²) < 4.78 is 0. The van der Waals surface area contributed by atoms with Crippen LogP contribution in [0.3, 0.4) is 0 Å². The van der Waals surface area contributed by atoms with Crippen LogP contribution in [0, 0.1) is 29.6 Å². The number of nitriles is 2.